The summed E-state index contributed by atoms with van der Waals surface area (Å²) in [6.45, 7) is 4.77. The molecular formula is C27H31N3O3. The number of aryl methyl sites for hydroxylation is 1. The van der Waals surface area contributed by atoms with Crippen molar-refractivity contribution in [3.8, 4) is 5.75 Å². The Bertz CT molecular complexity index is 1020. The molecule has 0 saturated carbocycles. The molecule has 3 aromatic rings. The van der Waals surface area contributed by atoms with Gasteiger partial charge in [0.2, 0.25) is 11.8 Å². The van der Waals surface area contributed by atoms with Crippen LogP contribution in [0.1, 0.15) is 31.4 Å². The molecule has 3 N–H and O–H groups in total. The molecule has 172 valence electrons. The van der Waals surface area contributed by atoms with Crippen molar-refractivity contribution < 1.29 is 14.3 Å². The summed E-state index contributed by atoms with van der Waals surface area (Å²) in [6.07, 6.45) is 1.26. The van der Waals surface area contributed by atoms with E-state index in [1.165, 1.54) is 0 Å². The molecule has 0 unspecified atom stereocenters. The Morgan fingerprint density at radius 3 is 1.97 bits per heavy atom. The number of benzene rings is 3. The van der Waals surface area contributed by atoms with Crippen molar-refractivity contribution in [1.29, 1.82) is 0 Å². The average Bonchev–Trinajstić information content (AvgIpc) is 2.80. The molecule has 0 bridgehead atoms. The maximum atomic E-state index is 12.2. The van der Waals surface area contributed by atoms with Gasteiger partial charge in [-0.1, -0.05) is 42.5 Å². The van der Waals surface area contributed by atoms with Crippen LogP contribution in [0, 0.1) is 0 Å². The molecule has 0 aliphatic rings. The zero-order valence-electron chi connectivity index (χ0n) is 19.1. The third kappa shape index (κ3) is 8.79. The van der Waals surface area contributed by atoms with Crippen LogP contribution in [-0.2, 0) is 22.6 Å². The van der Waals surface area contributed by atoms with E-state index in [2.05, 4.69) is 16.0 Å². The second kappa shape index (κ2) is 12.4. The number of nitrogens with one attached hydrogen (secondary N) is 3. The molecule has 0 heterocycles. The van der Waals surface area contributed by atoms with Gasteiger partial charge in [-0.3, -0.25) is 9.59 Å². The number of hydrogen-bond acceptors (Lipinski definition) is 4. The van der Waals surface area contributed by atoms with Crippen LogP contribution in [0.2, 0.25) is 0 Å². The highest BCUT2D eigenvalue weighted by Crippen LogP contribution is 2.15. The number of hydrogen-bond donors (Lipinski definition) is 3. The molecule has 0 aromatic heterocycles. The second-order valence-corrected chi connectivity index (χ2v) is 8.07. The minimum absolute atomic E-state index is 0.0383. The minimum Gasteiger partial charge on any atom is -0.491 e. The van der Waals surface area contributed by atoms with Gasteiger partial charge < -0.3 is 20.7 Å². The summed E-state index contributed by atoms with van der Waals surface area (Å²) < 4.78 is 5.63. The van der Waals surface area contributed by atoms with E-state index in [1.54, 1.807) is 24.3 Å². The lowest BCUT2D eigenvalue weighted by atomic mass is 10.1. The fraction of sp³-hybridized carbons (Fsp3) is 0.259. The van der Waals surface area contributed by atoms with E-state index >= 15 is 0 Å². The number of rotatable bonds is 11. The molecular weight excluding hydrogens is 414 g/mol. The molecule has 3 aromatic carbocycles. The van der Waals surface area contributed by atoms with Crippen LogP contribution in [0.3, 0.4) is 0 Å². The number of carbonyl (C=O) groups is 2. The van der Waals surface area contributed by atoms with Crippen molar-refractivity contribution in [3.63, 3.8) is 0 Å². The van der Waals surface area contributed by atoms with E-state index in [9.17, 15) is 9.59 Å². The summed E-state index contributed by atoms with van der Waals surface area (Å²) in [4.78, 5) is 24.4. The topological polar surface area (TPSA) is 79.5 Å². The van der Waals surface area contributed by atoms with Gasteiger partial charge in [0.05, 0.1) is 12.6 Å². The molecule has 0 saturated heterocycles. The van der Waals surface area contributed by atoms with Crippen LogP contribution in [0.4, 0.5) is 11.4 Å². The van der Waals surface area contributed by atoms with E-state index in [0.717, 1.165) is 16.9 Å². The Morgan fingerprint density at radius 2 is 1.36 bits per heavy atom. The molecule has 2 amide bonds. The van der Waals surface area contributed by atoms with Crippen molar-refractivity contribution >= 4 is 23.2 Å². The quantitative estimate of drug-likeness (QED) is 0.397. The molecule has 0 fully saturated rings. The van der Waals surface area contributed by atoms with Gasteiger partial charge in [-0.15, -0.1) is 0 Å². The van der Waals surface area contributed by atoms with Gasteiger partial charge in [-0.25, -0.2) is 0 Å². The van der Waals surface area contributed by atoms with E-state index in [-0.39, 0.29) is 24.5 Å². The van der Waals surface area contributed by atoms with Crippen LogP contribution >= 0.6 is 0 Å². The number of carbonyl (C=O) groups excluding carboxylic acids is 2. The summed E-state index contributed by atoms with van der Waals surface area (Å²) in [7, 11) is 0. The highest BCUT2D eigenvalue weighted by atomic mass is 16.5. The highest BCUT2D eigenvalue weighted by Gasteiger charge is 2.06. The lowest BCUT2D eigenvalue weighted by Gasteiger charge is -2.11. The Hall–Kier alpha value is -3.64. The molecule has 6 heteroatoms. The first-order valence-electron chi connectivity index (χ1n) is 11.2. The predicted octanol–water partition coefficient (Wildman–Crippen LogP) is 4.77. The molecule has 6 nitrogen and oxygen atoms in total. The van der Waals surface area contributed by atoms with Crippen LogP contribution in [0.15, 0.2) is 78.9 Å². The first-order chi connectivity index (χ1) is 16.0. The van der Waals surface area contributed by atoms with Crippen molar-refractivity contribution in [1.82, 2.24) is 5.32 Å². The van der Waals surface area contributed by atoms with E-state index in [0.29, 0.717) is 30.8 Å². The van der Waals surface area contributed by atoms with Gasteiger partial charge in [0.25, 0.3) is 0 Å². The van der Waals surface area contributed by atoms with Crippen LogP contribution in [-0.4, -0.2) is 24.5 Å². The summed E-state index contributed by atoms with van der Waals surface area (Å²) in [5.74, 6) is 0.667. The molecule has 0 radical (unpaired) electrons. The highest BCUT2D eigenvalue weighted by molar-refractivity contribution is 5.93. The first-order valence-corrected chi connectivity index (χ1v) is 11.2. The Morgan fingerprint density at radius 1 is 0.758 bits per heavy atom. The summed E-state index contributed by atoms with van der Waals surface area (Å²) in [5, 5.41) is 8.88. The van der Waals surface area contributed by atoms with Crippen molar-refractivity contribution in [3.05, 3.63) is 90.0 Å². The van der Waals surface area contributed by atoms with Crippen molar-refractivity contribution in [2.24, 2.45) is 0 Å². The zero-order chi connectivity index (χ0) is 23.5. The first kappa shape index (κ1) is 24.0. The van der Waals surface area contributed by atoms with Gasteiger partial charge in [0.1, 0.15) is 5.75 Å². The molecule has 3 rings (SSSR count). The van der Waals surface area contributed by atoms with Crippen molar-refractivity contribution in [2.45, 2.75) is 39.3 Å². The normalized spacial score (nSPS) is 10.6. The number of amides is 2. The van der Waals surface area contributed by atoms with Gasteiger partial charge >= 0.3 is 0 Å². The fourth-order valence-electron chi connectivity index (χ4n) is 3.25. The third-order valence-corrected chi connectivity index (χ3v) is 4.85. The second-order valence-electron chi connectivity index (χ2n) is 8.07. The van der Waals surface area contributed by atoms with E-state index in [1.807, 2.05) is 68.4 Å². The molecule has 0 spiro atoms. The zero-order valence-corrected chi connectivity index (χ0v) is 19.1. The van der Waals surface area contributed by atoms with Gasteiger partial charge in [0.15, 0.2) is 0 Å². The molecule has 33 heavy (non-hydrogen) atoms. The van der Waals surface area contributed by atoms with Crippen LogP contribution in [0.5, 0.6) is 5.75 Å². The lowest BCUT2D eigenvalue weighted by molar-refractivity contribution is -0.116. The van der Waals surface area contributed by atoms with Gasteiger partial charge in [-0.2, -0.15) is 0 Å². The summed E-state index contributed by atoms with van der Waals surface area (Å²) >= 11 is 0. The largest absolute Gasteiger partial charge is 0.491 e. The maximum absolute atomic E-state index is 12.2. The monoisotopic (exact) mass is 445 g/mol. The van der Waals surface area contributed by atoms with E-state index in [4.69, 9.17) is 4.74 Å². The summed E-state index contributed by atoms with van der Waals surface area (Å²) in [5.41, 5.74) is 3.59. The van der Waals surface area contributed by atoms with E-state index < -0.39 is 0 Å². The molecule has 0 aliphatic heterocycles. The summed E-state index contributed by atoms with van der Waals surface area (Å²) in [6, 6.07) is 24.9. The predicted molar refractivity (Wildman–Crippen MR) is 132 cm³/mol. The standard InChI is InChI=1S/C27H31N3O3/c1-20(2)33-25-15-8-22(9-16-25)18-28-19-27(32)30-24-13-11-23(12-14-24)29-26(31)17-10-21-6-4-3-5-7-21/h3-9,11-16,20,28H,10,17-19H2,1-2H3,(H,29,31)(H,30,32). The van der Waals surface area contributed by atoms with Crippen LogP contribution in [0.25, 0.3) is 0 Å². The average molecular weight is 446 g/mol. The number of anilines is 2. The molecule has 0 aliphatic carbocycles. The molecule has 0 atom stereocenters. The van der Waals surface area contributed by atoms with Gasteiger partial charge in [-0.05, 0) is 67.8 Å². The number of ether oxygens (including phenoxy) is 1. The Labute approximate surface area is 195 Å². The lowest BCUT2D eigenvalue weighted by Crippen LogP contribution is -2.27. The Balaban J connectivity index is 1.36. The van der Waals surface area contributed by atoms with Gasteiger partial charge in [0, 0.05) is 24.3 Å². The fourth-order valence-corrected chi connectivity index (χ4v) is 3.25. The Kier molecular flexibility index (Phi) is 9.03. The SMILES string of the molecule is CC(C)Oc1ccc(CNCC(=O)Nc2ccc(NC(=O)CCc3ccccc3)cc2)cc1. The third-order valence-electron chi connectivity index (χ3n) is 4.85. The minimum atomic E-state index is -0.130. The van der Waals surface area contributed by atoms with Crippen molar-refractivity contribution in [2.75, 3.05) is 17.2 Å². The maximum Gasteiger partial charge on any atom is 0.238 e. The van der Waals surface area contributed by atoms with Crippen LogP contribution < -0.4 is 20.7 Å². The smallest absolute Gasteiger partial charge is 0.238 e.